The molecule has 3 rings (SSSR count). The molecule has 3 aromatic carbocycles. The van der Waals surface area contributed by atoms with Crippen LogP contribution in [0, 0.1) is 21.4 Å². The van der Waals surface area contributed by atoms with E-state index in [9.17, 15) is 25.0 Å². The van der Waals surface area contributed by atoms with Crippen molar-refractivity contribution in [1.29, 1.82) is 5.26 Å². The van der Waals surface area contributed by atoms with Crippen molar-refractivity contribution in [1.82, 2.24) is 0 Å². The summed E-state index contributed by atoms with van der Waals surface area (Å²) in [4.78, 5) is 35.9. The van der Waals surface area contributed by atoms with Crippen LogP contribution in [0.3, 0.4) is 0 Å². The Labute approximate surface area is 214 Å². The first-order valence-electron chi connectivity index (χ1n) is 11.6. The fraction of sp³-hybridized carbons (Fsp3) is 0.222. The van der Waals surface area contributed by atoms with E-state index in [1.54, 1.807) is 19.1 Å². The molecule has 0 aliphatic rings. The van der Waals surface area contributed by atoms with Gasteiger partial charge in [-0.1, -0.05) is 37.3 Å². The van der Waals surface area contributed by atoms with Gasteiger partial charge in [0.15, 0.2) is 5.78 Å². The second-order valence-corrected chi connectivity index (χ2v) is 8.00. The Morgan fingerprint density at radius 1 is 1.05 bits per heavy atom. The lowest BCUT2D eigenvalue weighted by Gasteiger charge is -2.25. The fourth-order valence-electron chi connectivity index (χ4n) is 3.32. The summed E-state index contributed by atoms with van der Waals surface area (Å²) in [5, 5.41) is 28.4. The zero-order chi connectivity index (χ0) is 26.6. The van der Waals surface area contributed by atoms with Crippen LogP contribution in [-0.2, 0) is 20.9 Å². The van der Waals surface area contributed by atoms with E-state index in [4.69, 9.17) is 4.74 Å². The summed E-state index contributed by atoms with van der Waals surface area (Å²) in [5.74, 6) is -0.573. The smallest absolute Gasteiger partial charge is 0.308 e. The normalized spacial score (nSPS) is 10.6. The van der Waals surface area contributed by atoms with Gasteiger partial charge in [-0.2, -0.15) is 10.4 Å². The molecular weight excluding hydrogens is 474 g/mol. The lowest BCUT2D eigenvalue weighted by atomic mass is 10.2. The standard InChI is InChI=1S/C27H25N5O5/c1-2-25(33)19-37-27(34)14-15-31(18-20-6-4-3-5-7-20)23-10-8-22(9-11-23)29-30-26-13-12-24(32(35)36)16-21(26)17-28/h3-13,16H,2,14-15,18-19H2,1H3. The first-order chi connectivity index (χ1) is 17.9. The second kappa shape index (κ2) is 13.3. The number of nitro benzene ring substituents is 1. The number of hydrogen-bond acceptors (Lipinski definition) is 9. The number of anilines is 1. The number of carbonyl (C=O) groups excluding carboxylic acids is 2. The quantitative estimate of drug-likeness (QED) is 0.133. The zero-order valence-corrected chi connectivity index (χ0v) is 20.2. The first kappa shape index (κ1) is 26.7. The molecule has 0 aromatic heterocycles. The van der Waals surface area contributed by atoms with Crippen LogP contribution in [0.15, 0.2) is 83.0 Å². The number of ketones is 1. The van der Waals surface area contributed by atoms with Gasteiger partial charge in [0.05, 0.1) is 22.6 Å². The molecule has 0 aliphatic carbocycles. The van der Waals surface area contributed by atoms with Crippen LogP contribution >= 0.6 is 0 Å². The van der Waals surface area contributed by atoms with Crippen molar-refractivity contribution in [2.24, 2.45) is 10.2 Å². The van der Waals surface area contributed by atoms with Gasteiger partial charge >= 0.3 is 5.97 Å². The molecule has 0 saturated heterocycles. The maximum absolute atomic E-state index is 12.1. The molecule has 188 valence electrons. The van der Waals surface area contributed by atoms with Crippen LogP contribution < -0.4 is 4.90 Å². The predicted octanol–water partition coefficient (Wildman–Crippen LogP) is 5.80. The first-order valence-corrected chi connectivity index (χ1v) is 11.6. The Bertz CT molecular complexity index is 1320. The van der Waals surface area contributed by atoms with Crippen molar-refractivity contribution in [2.75, 3.05) is 18.1 Å². The van der Waals surface area contributed by atoms with Crippen molar-refractivity contribution >= 4 is 34.5 Å². The Morgan fingerprint density at radius 2 is 1.78 bits per heavy atom. The van der Waals surface area contributed by atoms with Crippen LogP contribution in [0.1, 0.15) is 30.9 Å². The highest BCUT2D eigenvalue weighted by molar-refractivity contribution is 5.82. The molecule has 0 N–H and O–H groups in total. The van der Waals surface area contributed by atoms with E-state index in [0.29, 0.717) is 25.2 Å². The molecule has 0 saturated carbocycles. The summed E-state index contributed by atoms with van der Waals surface area (Å²) in [6.07, 6.45) is 0.432. The van der Waals surface area contributed by atoms with Crippen LogP contribution in [-0.4, -0.2) is 29.8 Å². The Hall–Kier alpha value is -4.91. The summed E-state index contributed by atoms with van der Waals surface area (Å²) < 4.78 is 5.06. The van der Waals surface area contributed by atoms with Gasteiger partial charge < -0.3 is 9.64 Å². The Morgan fingerprint density at radius 3 is 2.43 bits per heavy atom. The van der Waals surface area contributed by atoms with Crippen molar-refractivity contribution in [3.63, 3.8) is 0 Å². The van der Waals surface area contributed by atoms with E-state index in [2.05, 4.69) is 10.2 Å². The highest BCUT2D eigenvalue weighted by atomic mass is 16.6. The number of hydrogen-bond donors (Lipinski definition) is 0. The zero-order valence-electron chi connectivity index (χ0n) is 20.2. The molecule has 0 atom stereocenters. The molecular formula is C27H25N5O5. The Kier molecular flexibility index (Phi) is 9.56. The van der Waals surface area contributed by atoms with E-state index < -0.39 is 10.9 Å². The second-order valence-electron chi connectivity index (χ2n) is 8.00. The minimum absolute atomic E-state index is 0.0520. The van der Waals surface area contributed by atoms with E-state index in [0.717, 1.165) is 17.3 Å². The number of Topliss-reactive ketones (excluding diaryl/α,β-unsaturated/α-hetero) is 1. The van der Waals surface area contributed by atoms with Crippen molar-refractivity contribution < 1.29 is 19.2 Å². The molecule has 37 heavy (non-hydrogen) atoms. The fourth-order valence-corrected chi connectivity index (χ4v) is 3.32. The number of nitrogens with zero attached hydrogens (tertiary/aromatic N) is 5. The largest absolute Gasteiger partial charge is 0.458 e. The summed E-state index contributed by atoms with van der Waals surface area (Å²) in [6, 6.07) is 22.6. The molecule has 0 unspecified atom stereocenters. The summed E-state index contributed by atoms with van der Waals surface area (Å²) in [5.41, 5.74) is 2.50. The number of rotatable bonds is 12. The van der Waals surface area contributed by atoms with Gasteiger partial charge in [0, 0.05) is 37.3 Å². The number of nitriles is 1. The third-order valence-electron chi connectivity index (χ3n) is 5.39. The Balaban J connectivity index is 1.73. The predicted molar refractivity (Wildman–Crippen MR) is 137 cm³/mol. The minimum atomic E-state index is -0.577. The number of carbonyl (C=O) groups is 2. The highest BCUT2D eigenvalue weighted by Gasteiger charge is 2.13. The average molecular weight is 500 g/mol. The number of esters is 1. The van der Waals surface area contributed by atoms with E-state index in [1.807, 2.05) is 53.4 Å². The topological polar surface area (TPSA) is 138 Å². The maximum Gasteiger partial charge on any atom is 0.308 e. The maximum atomic E-state index is 12.1. The van der Waals surface area contributed by atoms with E-state index >= 15 is 0 Å². The van der Waals surface area contributed by atoms with Crippen molar-refractivity contribution in [3.8, 4) is 6.07 Å². The monoisotopic (exact) mass is 499 g/mol. The van der Waals surface area contributed by atoms with Crippen LogP contribution in [0.5, 0.6) is 0 Å². The van der Waals surface area contributed by atoms with Gasteiger partial charge in [0.25, 0.3) is 5.69 Å². The highest BCUT2D eigenvalue weighted by Crippen LogP contribution is 2.27. The van der Waals surface area contributed by atoms with E-state index in [1.165, 1.54) is 12.1 Å². The summed E-state index contributed by atoms with van der Waals surface area (Å²) in [6.45, 7) is 2.44. The lowest BCUT2D eigenvalue weighted by molar-refractivity contribution is -0.384. The number of ether oxygens (including phenoxy) is 1. The SMILES string of the molecule is CCC(=O)COC(=O)CCN(Cc1ccccc1)c1ccc(N=Nc2ccc([N+](=O)[O-])cc2C#N)cc1. The third-order valence-corrected chi connectivity index (χ3v) is 5.39. The molecule has 0 aliphatic heterocycles. The van der Waals surface area contributed by atoms with Crippen LogP contribution in [0.25, 0.3) is 0 Å². The molecule has 10 heteroatoms. The number of nitro groups is 1. The molecule has 0 radical (unpaired) electrons. The van der Waals surface area contributed by atoms with E-state index in [-0.39, 0.29) is 35.7 Å². The summed E-state index contributed by atoms with van der Waals surface area (Å²) in [7, 11) is 0. The number of non-ortho nitro benzene ring substituents is 1. The third kappa shape index (κ3) is 8.07. The molecule has 0 heterocycles. The van der Waals surface area contributed by atoms with Gasteiger partial charge in [0.2, 0.25) is 0 Å². The molecule has 0 bridgehead atoms. The minimum Gasteiger partial charge on any atom is -0.458 e. The van der Waals surface area contributed by atoms with Gasteiger partial charge in [-0.15, -0.1) is 5.11 Å². The molecule has 0 amide bonds. The van der Waals surface area contributed by atoms with Crippen LogP contribution in [0.2, 0.25) is 0 Å². The lowest BCUT2D eigenvalue weighted by Crippen LogP contribution is -2.26. The van der Waals surface area contributed by atoms with Crippen LogP contribution in [0.4, 0.5) is 22.7 Å². The van der Waals surface area contributed by atoms with Gasteiger partial charge in [-0.25, -0.2) is 0 Å². The number of azo groups is 1. The van der Waals surface area contributed by atoms with Gasteiger partial charge in [-0.3, -0.25) is 19.7 Å². The molecule has 0 spiro atoms. The molecule has 3 aromatic rings. The molecule has 10 nitrogen and oxygen atoms in total. The number of benzene rings is 3. The van der Waals surface area contributed by atoms with Gasteiger partial charge in [-0.05, 0) is 35.9 Å². The van der Waals surface area contributed by atoms with Crippen molar-refractivity contribution in [3.05, 3.63) is 94.0 Å². The average Bonchev–Trinajstić information content (AvgIpc) is 2.93. The molecule has 0 fully saturated rings. The summed E-state index contributed by atoms with van der Waals surface area (Å²) >= 11 is 0. The van der Waals surface area contributed by atoms with Gasteiger partial charge in [0.1, 0.15) is 18.4 Å². The van der Waals surface area contributed by atoms with Crippen molar-refractivity contribution in [2.45, 2.75) is 26.3 Å².